The molecule has 0 radical (unpaired) electrons. The lowest BCUT2D eigenvalue weighted by molar-refractivity contribution is -0.115. The fraction of sp³-hybridized carbons (Fsp3) is 0.222. The summed E-state index contributed by atoms with van der Waals surface area (Å²) in [5.41, 5.74) is 0.794. The third kappa shape index (κ3) is 2.58. The summed E-state index contributed by atoms with van der Waals surface area (Å²) in [6, 6.07) is 0. The highest BCUT2D eigenvalue weighted by atomic mass is 16.4. The molecule has 0 aliphatic heterocycles. The lowest BCUT2D eigenvalue weighted by Crippen LogP contribution is -2.29. The normalized spacial score (nSPS) is 15.3. The van der Waals surface area contributed by atoms with Crippen LogP contribution in [0, 0.1) is 0 Å². The maximum absolute atomic E-state index is 11.0. The van der Waals surface area contributed by atoms with E-state index in [1.165, 1.54) is 0 Å². The van der Waals surface area contributed by atoms with Crippen LogP contribution in [0.5, 0.6) is 0 Å². The first kappa shape index (κ1) is 10.8. The SMILES string of the molecule is C=CC(=O)NC1=CCCC=C1B(O)O. The van der Waals surface area contributed by atoms with E-state index in [0.29, 0.717) is 11.2 Å². The van der Waals surface area contributed by atoms with E-state index in [1.54, 1.807) is 12.2 Å². The number of carbonyl (C=O) groups excluding carboxylic acids is 1. The number of carbonyl (C=O) groups is 1. The molecule has 0 fully saturated rings. The van der Waals surface area contributed by atoms with Crippen molar-refractivity contribution < 1.29 is 14.8 Å². The molecule has 74 valence electrons. The van der Waals surface area contributed by atoms with Crippen molar-refractivity contribution in [2.24, 2.45) is 0 Å². The van der Waals surface area contributed by atoms with Crippen LogP contribution in [0.1, 0.15) is 12.8 Å². The molecule has 0 bridgehead atoms. The van der Waals surface area contributed by atoms with Gasteiger partial charge in [0.25, 0.3) is 0 Å². The predicted octanol–water partition coefficient (Wildman–Crippen LogP) is -0.0953. The summed E-state index contributed by atoms with van der Waals surface area (Å²) < 4.78 is 0. The van der Waals surface area contributed by atoms with Gasteiger partial charge in [-0.1, -0.05) is 18.7 Å². The Bertz CT molecular complexity index is 307. The van der Waals surface area contributed by atoms with Crippen LogP contribution in [0.4, 0.5) is 0 Å². The Labute approximate surface area is 82.8 Å². The van der Waals surface area contributed by atoms with Gasteiger partial charge in [-0.15, -0.1) is 0 Å². The number of rotatable bonds is 3. The highest BCUT2D eigenvalue weighted by molar-refractivity contribution is 6.52. The molecule has 14 heavy (non-hydrogen) atoms. The minimum atomic E-state index is -1.55. The van der Waals surface area contributed by atoms with Crippen molar-refractivity contribution in [2.45, 2.75) is 12.8 Å². The van der Waals surface area contributed by atoms with Gasteiger partial charge in [-0.05, 0) is 18.9 Å². The minimum absolute atomic E-state index is 0.339. The Morgan fingerprint density at radius 1 is 1.50 bits per heavy atom. The Kier molecular flexibility index (Phi) is 3.68. The molecule has 1 aliphatic rings. The molecule has 0 aromatic carbocycles. The second kappa shape index (κ2) is 4.78. The van der Waals surface area contributed by atoms with Crippen LogP contribution in [0.15, 0.2) is 36.0 Å². The van der Waals surface area contributed by atoms with E-state index in [4.69, 9.17) is 10.0 Å². The topological polar surface area (TPSA) is 69.6 Å². The van der Waals surface area contributed by atoms with Gasteiger partial charge in [0.05, 0.1) is 0 Å². The molecular weight excluding hydrogens is 181 g/mol. The Hall–Kier alpha value is -1.33. The van der Waals surface area contributed by atoms with Crippen molar-refractivity contribution in [1.82, 2.24) is 5.32 Å². The Balaban J connectivity index is 2.75. The smallest absolute Gasteiger partial charge is 0.423 e. The van der Waals surface area contributed by atoms with Crippen LogP contribution < -0.4 is 5.32 Å². The number of amides is 1. The minimum Gasteiger partial charge on any atom is -0.423 e. The molecule has 0 spiro atoms. The van der Waals surface area contributed by atoms with E-state index < -0.39 is 7.12 Å². The van der Waals surface area contributed by atoms with Gasteiger partial charge < -0.3 is 15.4 Å². The van der Waals surface area contributed by atoms with Crippen LogP contribution in [0.25, 0.3) is 0 Å². The van der Waals surface area contributed by atoms with E-state index >= 15 is 0 Å². The van der Waals surface area contributed by atoms with Gasteiger partial charge in [-0.2, -0.15) is 0 Å². The van der Waals surface area contributed by atoms with Gasteiger partial charge in [0.15, 0.2) is 0 Å². The van der Waals surface area contributed by atoms with Gasteiger partial charge in [-0.3, -0.25) is 4.79 Å². The monoisotopic (exact) mass is 193 g/mol. The maximum Gasteiger partial charge on any atom is 0.490 e. The van der Waals surface area contributed by atoms with Crippen molar-refractivity contribution in [3.8, 4) is 0 Å². The van der Waals surface area contributed by atoms with E-state index in [-0.39, 0.29) is 5.91 Å². The number of nitrogens with one attached hydrogen (secondary N) is 1. The molecule has 0 aromatic rings. The van der Waals surface area contributed by atoms with Crippen LogP contribution in [0.3, 0.4) is 0 Å². The molecule has 4 nitrogen and oxygen atoms in total. The third-order valence-corrected chi connectivity index (χ3v) is 1.91. The van der Waals surface area contributed by atoms with Gasteiger partial charge in [0.1, 0.15) is 0 Å². The first-order valence-corrected chi connectivity index (χ1v) is 4.35. The second-order valence-corrected chi connectivity index (χ2v) is 2.92. The van der Waals surface area contributed by atoms with Gasteiger partial charge in [-0.25, -0.2) is 0 Å². The van der Waals surface area contributed by atoms with Crippen LogP contribution in [-0.2, 0) is 4.79 Å². The second-order valence-electron chi connectivity index (χ2n) is 2.92. The summed E-state index contributed by atoms with van der Waals surface area (Å²) in [4.78, 5) is 11.0. The molecule has 0 saturated heterocycles. The molecule has 0 aromatic heterocycles. The number of allylic oxidation sites excluding steroid dienone is 3. The van der Waals surface area contributed by atoms with Crippen molar-refractivity contribution in [3.05, 3.63) is 36.0 Å². The lowest BCUT2D eigenvalue weighted by Gasteiger charge is -2.15. The molecule has 0 heterocycles. The fourth-order valence-corrected chi connectivity index (χ4v) is 1.25. The maximum atomic E-state index is 11.0. The molecule has 0 atom stereocenters. The molecular formula is C9H12BNO3. The zero-order valence-electron chi connectivity index (χ0n) is 7.73. The predicted molar refractivity (Wildman–Crippen MR) is 53.9 cm³/mol. The molecule has 0 unspecified atom stereocenters. The standard InChI is InChI=1S/C9H12BNO3/c1-2-9(12)11-8-6-4-3-5-7(8)10(13)14/h2,5-6,13-14H,1,3-4H2,(H,11,12). The van der Waals surface area contributed by atoms with Gasteiger partial charge >= 0.3 is 7.12 Å². The van der Waals surface area contributed by atoms with E-state index in [1.807, 2.05) is 0 Å². The van der Waals surface area contributed by atoms with E-state index in [9.17, 15) is 4.79 Å². The van der Waals surface area contributed by atoms with E-state index in [0.717, 1.165) is 18.9 Å². The van der Waals surface area contributed by atoms with Crippen molar-refractivity contribution >= 4 is 13.0 Å². The summed E-state index contributed by atoms with van der Waals surface area (Å²) in [7, 11) is -1.55. The molecule has 1 amide bonds. The van der Waals surface area contributed by atoms with Crippen molar-refractivity contribution in [1.29, 1.82) is 0 Å². The van der Waals surface area contributed by atoms with E-state index in [2.05, 4.69) is 11.9 Å². The Morgan fingerprint density at radius 3 is 2.71 bits per heavy atom. The van der Waals surface area contributed by atoms with Crippen molar-refractivity contribution in [3.63, 3.8) is 0 Å². The summed E-state index contributed by atoms with van der Waals surface area (Å²) in [5.74, 6) is -0.357. The Morgan fingerprint density at radius 2 is 2.14 bits per heavy atom. The average Bonchev–Trinajstić information content (AvgIpc) is 2.18. The zero-order valence-corrected chi connectivity index (χ0v) is 7.73. The highest BCUT2D eigenvalue weighted by Gasteiger charge is 2.21. The zero-order chi connectivity index (χ0) is 10.6. The summed E-state index contributed by atoms with van der Waals surface area (Å²) >= 11 is 0. The first-order valence-electron chi connectivity index (χ1n) is 4.35. The van der Waals surface area contributed by atoms with Crippen LogP contribution in [0.2, 0.25) is 0 Å². The van der Waals surface area contributed by atoms with Gasteiger partial charge in [0.2, 0.25) is 5.91 Å². The molecule has 3 N–H and O–H groups in total. The van der Waals surface area contributed by atoms with Crippen molar-refractivity contribution in [2.75, 3.05) is 0 Å². The fourth-order valence-electron chi connectivity index (χ4n) is 1.25. The summed E-state index contributed by atoms with van der Waals surface area (Å²) in [6.07, 6.45) is 6.12. The van der Waals surface area contributed by atoms with Crippen LogP contribution >= 0.6 is 0 Å². The number of hydrogen-bond donors (Lipinski definition) is 3. The summed E-state index contributed by atoms with van der Waals surface area (Å²) in [6.45, 7) is 3.31. The average molecular weight is 193 g/mol. The molecule has 5 heteroatoms. The number of hydrogen-bond acceptors (Lipinski definition) is 3. The first-order chi connectivity index (χ1) is 6.65. The lowest BCUT2D eigenvalue weighted by atomic mass is 9.74. The van der Waals surface area contributed by atoms with Crippen LogP contribution in [-0.4, -0.2) is 23.1 Å². The van der Waals surface area contributed by atoms with Gasteiger partial charge in [0, 0.05) is 11.2 Å². The third-order valence-electron chi connectivity index (χ3n) is 1.91. The molecule has 0 saturated carbocycles. The molecule has 1 rings (SSSR count). The molecule has 1 aliphatic carbocycles. The summed E-state index contributed by atoms with van der Waals surface area (Å²) in [5, 5.41) is 20.5. The highest BCUT2D eigenvalue weighted by Crippen LogP contribution is 2.17. The largest absolute Gasteiger partial charge is 0.490 e. The quantitative estimate of drug-likeness (QED) is 0.433.